The SMILES string of the molecule is COc1cc(Oc2ncccc2-c2ccncc2)cc(C(F)(F)F)c1. The summed E-state index contributed by atoms with van der Waals surface area (Å²) >= 11 is 0. The van der Waals surface area contributed by atoms with Crippen LogP contribution in [0.1, 0.15) is 5.56 Å². The summed E-state index contributed by atoms with van der Waals surface area (Å²) < 4.78 is 49.7. The van der Waals surface area contributed by atoms with Gasteiger partial charge in [0.2, 0.25) is 5.88 Å². The van der Waals surface area contributed by atoms with Gasteiger partial charge < -0.3 is 9.47 Å². The van der Waals surface area contributed by atoms with Gasteiger partial charge in [0.25, 0.3) is 0 Å². The molecule has 0 unspecified atom stereocenters. The molecule has 0 amide bonds. The van der Waals surface area contributed by atoms with Crippen LogP contribution in [-0.4, -0.2) is 17.1 Å². The average Bonchev–Trinajstić information content (AvgIpc) is 2.62. The van der Waals surface area contributed by atoms with Crippen LogP contribution in [0.25, 0.3) is 11.1 Å². The van der Waals surface area contributed by atoms with Crippen molar-refractivity contribution in [3.8, 4) is 28.5 Å². The molecule has 0 fully saturated rings. The summed E-state index contributed by atoms with van der Waals surface area (Å²) in [6.07, 6.45) is 0.217. The average molecular weight is 346 g/mol. The van der Waals surface area contributed by atoms with Crippen LogP contribution < -0.4 is 9.47 Å². The molecule has 1 aromatic carbocycles. The number of alkyl halides is 3. The summed E-state index contributed by atoms with van der Waals surface area (Å²) in [5.74, 6) is 0.224. The summed E-state index contributed by atoms with van der Waals surface area (Å²) in [6.45, 7) is 0. The normalized spacial score (nSPS) is 11.2. The van der Waals surface area contributed by atoms with E-state index >= 15 is 0 Å². The van der Waals surface area contributed by atoms with Gasteiger partial charge in [0, 0.05) is 30.2 Å². The van der Waals surface area contributed by atoms with E-state index in [9.17, 15) is 13.2 Å². The maximum atomic E-state index is 13.0. The molecular formula is C18H13F3N2O2. The highest BCUT2D eigenvalue weighted by molar-refractivity contribution is 5.68. The van der Waals surface area contributed by atoms with Gasteiger partial charge in [-0.2, -0.15) is 13.2 Å². The second-order valence-electron chi connectivity index (χ2n) is 5.09. The minimum Gasteiger partial charge on any atom is -0.497 e. The maximum absolute atomic E-state index is 13.0. The van der Waals surface area contributed by atoms with Gasteiger partial charge in [-0.1, -0.05) is 0 Å². The first-order valence-electron chi connectivity index (χ1n) is 7.27. The number of aromatic nitrogens is 2. The van der Waals surface area contributed by atoms with Crippen LogP contribution in [0.5, 0.6) is 17.4 Å². The Balaban J connectivity index is 2.01. The van der Waals surface area contributed by atoms with E-state index in [4.69, 9.17) is 9.47 Å². The van der Waals surface area contributed by atoms with Gasteiger partial charge in [-0.05, 0) is 42.0 Å². The molecule has 0 saturated carbocycles. The Labute approximate surface area is 141 Å². The van der Waals surface area contributed by atoms with Crippen LogP contribution in [0.15, 0.2) is 61.1 Å². The lowest BCUT2D eigenvalue weighted by Crippen LogP contribution is -2.05. The van der Waals surface area contributed by atoms with Crippen LogP contribution in [0.2, 0.25) is 0 Å². The van der Waals surface area contributed by atoms with Gasteiger partial charge in [0.15, 0.2) is 0 Å². The van der Waals surface area contributed by atoms with Gasteiger partial charge in [-0.25, -0.2) is 4.98 Å². The van der Waals surface area contributed by atoms with Crippen molar-refractivity contribution in [2.75, 3.05) is 7.11 Å². The van der Waals surface area contributed by atoms with Crippen molar-refractivity contribution in [1.29, 1.82) is 0 Å². The number of halogens is 3. The Bertz CT molecular complexity index is 868. The standard InChI is InChI=1S/C18H13F3N2O2/c1-24-14-9-13(18(19,20)21)10-15(11-14)25-17-16(3-2-6-23-17)12-4-7-22-8-5-12/h2-11H,1H3. The number of ether oxygens (including phenoxy) is 2. The first kappa shape index (κ1) is 16.8. The third-order valence-corrected chi connectivity index (χ3v) is 3.42. The number of nitrogens with zero attached hydrogens (tertiary/aromatic N) is 2. The first-order chi connectivity index (χ1) is 12.0. The fraction of sp³-hybridized carbons (Fsp3) is 0.111. The van der Waals surface area contributed by atoms with E-state index in [-0.39, 0.29) is 17.4 Å². The van der Waals surface area contributed by atoms with Gasteiger partial charge in [-0.15, -0.1) is 0 Å². The van der Waals surface area contributed by atoms with Crippen LogP contribution in [-0.2, 0) is 6.18 Å². The molecule has 3 rings (SSSR count). The summed E-state index contributed by atoms with van der Waals surface area (Å²) in [7, 11) is 1.29. The predicted octanol–water partition coefficient (Wildman–Crippen LogP) is 4.96. The lowest BCUT2D eigenvalue weighted by Gasteiger charge is -2.14. The molecule has 0 bridgehead atoms. The predicted molar refractivity (Wildman–Crippen MR) is 85.5 cm³/mol. The van der Waals surface area contributed by atoms with Crippen LogP contribution in [0.4, 0.5) is 13.2 Å². The Hall–Kier alpha value is -3.09. The number of rotatable bonds is 4. The van der Waals surface area contributed by atoms with Gasteiger partial charge in [0.1, 0.15) is 11.5 Å². The van der Waals surface area contributed by atoms with E-state index in [1.54, 1.807) is 36.7 Å². The highest BCUT2D eigenvalue weighted by Crippen LogP contribution is 2.37. The van der Waals surface area contributed by atoms with Crippen molar-refractivity contribution in [1.82, 2.24) is 9.97 Å². The molecule has 4 nitrogen and oxygen atoms in total. The lowest BCUT2D eigenvalue weighted by atomic mass is 10.1. The second kappa shape index (κ2) is 6.80. The zero-order chi connectivity index (χ0) is 17.9. The van der Waals surface area contributed by atoms with Crippen LogP contribution in [0.3, 0.4) is 0 Å². The summed E-state index contributed by atoms with van der Waals surface area (Å²) in [4.78, 5) is 8.08. The number of pyridine rings is 2. The molecule has 0 radical (unpaired) electrons. The highest BCUT2D eigenvalue weighted by Gasteiger charge is 2.32. The topological polar surface area (TPSA) is 44.2 Å². The third kappa shape index (κ3) is 3.88. The Morgan fingerprint density at radius 1 is 0.920 bits per heavy atom. The lowest BCUT2D eigenvalue weighted by molar-refractivity contribution is -0.137. The zero-order valence-corrected chi connectivity index (χ0v) is 13.1. The molecule has 0 aliphatic heterocycles. The number of hydrogen-bond acceptors (Lipinski definition) is 4. The molecule has 25 heavy (non-hydrogen) atoms. The molecule has 0 spiro atoms. The van der Waals surface area contributed by atoms with E-state index in [0.29, 0.717) is 5.56 Å². The van der Waals surface area contributed by atoms with Gasteiger partial charge in [0.05, 0.1) is 12.7 Å². The van der Waals surface area contributed by atoms with Gasteiger partial charge in [-0.3, -0.25) is 4.98 Å². The van der Waals surface area contributed by atoms with E-state index < -0.39 is 11.7 Å². The van der Waals surface area contributed by atoms with E-state index in [1.807, 2.05) is 0 Å². The number of hydrogen-bond donors (Lipinski definition) is 0. The number of methoxy groups -OCH3 is 1. The summed E-state index contributed by atoms with van der Waals surface area (Å²) in [5, 5.41) is 0. The monoisotopic (exact) mass is 346 g/mol. The second-order valence-corrected chi connectivity index (χ2v) is 5.09. The molecule has 128 valence electrons. The molecule has 2 heterocycles. The van der Waals surface area contributed by atoms with Crippen LogP contribution >= 0.6 is 0 Å². The molecule has 3 aromatic rings. The smallest absolute Gasteiger partial charge is 0.416 e. The van der Waals surface area contributed by atoms with Crippen molar-refractivity contribution < 1.29 is 22.6 Å². The molecule has 0 saturated heterocycles. The Kier molecular flexibility index (Phi) is 4.56. The largest absolute Gasteiger partial charge is 0.497 e. The molecular weight excluding hydrogens is 333 g/mol. The molecule has 0 aliphatic carbocycles. The zero-order valence-electron chi connectivity index (χ0n) is 13.1. The Morgan fingerprint density at radius 3 is 2.32 bits per heavy atom. The van der Waals surface area contributed by atoms with Crippen molar-refractivity contribution in [2.24, 2.45) is 0 Å². The molecule has 2 aromatic heterocycles. The van der Waals surface area contributed by atoms with Crippen LogP contribution in [0, 0.1) is 0 Å². The highest BCUT2D eigenvalue weighted by atomic mass is 19.4. The minimum atomic E-state index is -4.51. The van der Waals surface area contributed by atoms with Crippen molar-refractivity contribution in [3.63, 3.8) is 0 Å². The minimum absolute atomic E-state index is 0.0133. The summed E-state index contributed by atoms with van der Waals surface area (Å²) in [6, 6.07) is 10.2. The van der Waals surface area contributed by atoms with Crippen molar-refractivity contribution in [2.45, 2.75) is 6.18 Å². The van der Waals surface area contributed by atoms with Gasteiger partial charge >= 0.3 is 6.18 Å². The van der Waals surface area contributed by atoms with E-state index in [1.165, 1.54) is 19.4 Å². The fourth-order valence-electron chi connectivity index (χ4n) is 2.25. The first-order valence-corrected chi connectivity index (χ1v) is 7.27. The molecule has 7 heteroatoms. The van der Waals surface area contributed by atoms with Crippen molar-refractivity contribution in [3.05, 3.63) is 66.6 Å². The van der Waals surface area contributed by atoms with E-state index in [0.717, 1.165) is 17.7 Å². The fourth-order valence-corrected chi connectivity index (χ4v) is 2.25. The quantitative estimate of drug-likeness (QED) is 0.669. The van der Waals surface area contributed by atoms with E-state index in [2.05, 4.69) is 9.97 Å². The summed E-state index contributed by atoms with van der Waals surface area (Å²) in [5.41, 5.74) is 0.571. The maximum Gasteiger partial charge on any atom is 0.416 e. The number of benzene rings is 1. The van der Waals surface area contributed by atoms with Crippen molar-refractivity contribution >= 4 is 0 Å². The third-order valence-electron chi connectivity index (χ3n) is 3.42. The Morgan fingerprint density at radius 2 is 1.64 bits per heavy atom. The molecule has 0 atom stereocenters. The molecule has 0 aliphatic rings. The molecule has 0 N–H and O–H groups in total.